The average molecular weight is 507 g/mol. The van der Waals surface area contributed by atoms with Gasteiger partial charge in [-0.2, -0.15) is 0 Å². The van der Waals surface area contributed by atoms with E-state index in [1.165, 1.54) is 0 Å². The van der Waals surface area contributed by atoms with E-state index in [1.807, 2.05) is 83.7 Å². The van der Waals surface area contributed by atoms with E-state index >= 15 is 0 Å². The normalized spacial score (nSPS) is 12.4. The van der Waals surface area contributed by atoms with E-state index in [0.717, 1.165) is 10.4 Å². The highest BCUT2D eigenvalue weighted by Gasteiger charge is 2.52. The molecule has 33 heavy (non-hydrogen) atoms. The predicted octanol–water partition coefficient (Wildman–Crippen LogP) is 5.24. The van der Waals surface area contributed by atoms with Crippen LogP contribution in [0.25, 0.3) is 0 Å². The van der Waals surface area contributed by atoms with E-state index in [1.54, 1.807) is 0 Å². The van der Waals surface area contributed by atoms with Crippen molar-refractivity contribution in [3.8, 4) is 0 Å². The van der Waals surface area contributed by atoms with Gasteiger partial charge in [0, 0.05) is 0 Å². The smallest absolute Gasteiger partial charge is 0.388 e. The maximum atomic E-state index is 7.14. The Labute approximate surface area is 203 Å². The van der Waals surface area contributed by atoms with E-state index in [4.69, 9.17) is 12.3 Å². The zero-order chi connectivity index (χ0) is 24.6. The Balaban J connectivity index is 2.79. The summed E-state index contributed by atoms with van der Waals surface area (Å²) >= 11 is 0. The summed E-state index contributed by atoms with van der Waals surface area (Å²) < 4.78 is 20.9. The van der Waals surface area contributed by atoms with Gasteiger partial charge in [0.1, 0.15) is 0 Å². The molecule has 0 atom stereocenters. The van der Waals surface area contributed by atoms with Gasteiger partial charge in [-0.05, 0) is 23.5 Å². The monoisotopic (exact) mass is 506 g/mol. The minimum absolute atomic E-state index is 0.978. The van der Waals surface area contributed by atoms with Gasteiger partial charge in [0.15, 0.2) is 0 Å². The molecule has 0 bridgehead atoms. The average Bonchev–Trinajstić information content (AvgIpc) is 2.86. The predicted molar refractivity (Wildman–Crippen MR) is 151 cm³/mol. The second kappa shape index (κ2) is 11.2. The molecule has 0 spiro atoms. The topological polar surface area (TPSA) is 27.7 Å². The fourth-order valence-electron chi connectivity index (χ4n) is 3.53. The molecule has 0 saturated carbocycles. The van der Waals surface area contributed by atoms with Gasteiger partial charge < -0.3 is 12.3 Å². The molecule has 7 heteroatoms. The van der Waals surface area contributed by atoms with Crippen molar-refractivity contribution in [3.63, 3.8) is 0 Å². The van der Waals surface area contributed by atoms with Gasteiger partial charge in [-0.15, -0.1) is 39.5 Å². The second-order valence-corrected chi connectivity index (χ2v) is 21.5. The Kier molecular flexibility index (Phi) is 9.10. The van der Waals surface area contributed by atoms with Crippen LogP contribution in [0.3, 0.4) is 0 Å². The minimum Gasteiger partial charge on any atom is -0.427 e. The van der Waals surface area contributed by atoms with Crippen LogP contribution in [0.15, 0.2) is 134 Å². The Bertz CT molecular complexity index is 920. The lowest BCUT2D eigenvalue weighted by Gasteiger charge is -2.43. The fraction of sp³-hybridized carbons (Fsp3) is 0.0769. The number of rotatable bonds is 14. The van der Waals surface area contributed by atoms with Crippen LogP contribution in [0.4, 0.5) is 0 Å². The molecular weight excluding hydrogens is 473 g/mol. The van der Waals surface area contributed by atoms with Gasteiger partial charge >= 0.3 is 17.1 Å². The molecule has 0 aliphatic heterocycles. The van der Waals surface area contributed by atoms with Crippen LogP contribution < -0.4 is 10.4 Å². The van der Waals surface area contributed by atoms with E-state index in [0.29, 0.717) is 0 Å². The molecule has 0 radical (unpaired) electrons. The molecule has 0 aromatic heterocycles. The van der Waals surface area contributed by atoms with E-state index in [9.17, 15) is 0 Å². The summed E-state index contributed by atoms with van der Waals surface area (Å²) in [6, 6.07) is 20.2. The highest BCUT2D eigenvalue weighted by atomic mass is 28.5. The lowest BCUT2D eigenvalue weighted by atomic mass is 10.4. The first-order chi connectivity index (χ1) is 15.7. The summed E-state index contributed by atoms with van der Waals surface area (Å²) in [5.74, 6) is 0. The molecule has 0 aliphatic rings. The third-order valence-electron chi connectivity index (χ3n) is 5.35. The van der Waals surface area contributed by atoms with Crippen LogP contribution >= 0.6 is 0 Å². The molecule has 0 amide bonds. The SMILES string of the molecule is C=C[Si](C=C)(C=C)O[Si](C)(C)O[Si](O[Si](C=C)(C=C)C=C)(c1ccccc1)c1ccccc1. The highest BCUT2D eigenvalue weighted by Crippen LogP contribution is 2.26. The van der Waals surface area contributed by atoms with E-state index in [-0.39, 0.29) is 0 Å². The van der Waals surface area contributed by atoms with Crippen molar-refractivity contribution in [2.45, 2.75) is 13.1 Å². The fourth-order valence-corrected chi connectivity index (χ4v) is 19.3. The van der Waals surface area contributed by atoms with Crippen molar-refractivity contribution >= 4 is 44.1 Å². The number of hydrogen-bond acceptors (Lipinski definition) is 3. The summed E-state index contributed by atoms with van der Waals surface area (Å²) in [5, 5.41) is 1.96. The largest absolute Gasteiger partial charge is 0.427 e. The third kappa shape index (κ3) is 5.95. The number of benzene rings is 2. The van der Waals surface area contributed by atoms with Crippen molar-refractivity contribution in [1.82, 2.24) is 0 Å². The molecule has 0 heterocycles. The molecule has 0 N–H and O–H groups in total. The van der Waals surface area contributed by atoms with Crippen LogP contribution in [0.1, 0.15) is 0 Å². The summed E-state index contributed by atoms with van der Waals surface area (Å²) in [6.07, 6.45) is 0. The standard InChI is InChI=1S/C26H34O3Si4/c1-9-31(10-2,11-3)27-30(7,8)28-33(25-21-17-15-18-22-25,26-23-19-16-20-24-26)29-32(12-4,13-5)14-6/h9-24H,1-6H2,7-8H3. The molecule has 0 aliphatic carbocycles. The zero-order valence-electron chi connectivity index (χ0n) is 19.7. The van der Waals surface area contributed by atoms with Crippen molar-refractivity contribution in [2.75, 3.05) is 0 Å². The number of hydrogen-bond donors (Lipinski definition) is 0. The maximum Gasteiger partial charge on any atom is 0.388 e. The molecule has 0 saturated heterocycles. The first kappa shape index (κ1) is 26.9. The Morgan fingerprint density at radius 2 is 0.848 bits per heavy atom. The third-order valence-corrected chi connectivity index (χ3v) is 20.4. The molecule has 3 nitrogen and oxygen atoms in total. The van der Waals surface area contributed by atoms with Gasteiger partial charge in [-0.1, -0.05) is 94.9 Å². The van der Waals surface area contributed by atoms with Crippen molar-refractivity contribution < 1.29 is 12.3 Å². The van der Waals surface area contributed by atoms with E-state index in [2.05, 4.69) is 63.7 Å². The highest BCUT2D eigenvalue weighted by molar-refractivity contribution is 7.06. The first-order valence-electron chi connectivity index (χ1n) is 10.7. The summed E-state index contributed by atoms with van der Waals surface area (Å²) in [4.78, 5) is 0. The lowest BCUT2D eigenvalue weighted by molar-refractivity contribution is 0.349. The van der Waals surface area contributed by atoms with Crippen molar-refractivity contribution in [1.29, 1.82) is 0 Å². The molecule has 172 valence electrons. The zero-order valence-corrected chi connectivity index (χ0v) is 23.7. The van der Waals surface area contributed by atoms with Crippen molar-refractivity contribution in [2.24, 2.45) is 0 Å². The summed E-state index contributed by atoms with van der Waals surface area (Å²) in [7, 11) is -11.5. The quantitative estimate of drug-likeness (QED) is 0.328. The van der Waals surface area contributed by atoms with Crippen LogP contribution in [0, 0.1) is 0 Å². The van der Waals surface area contributed by atoms with Gasteiger partial charge in [0.05, 0.1) is 0 Å². The molecule has 2 aromatic rings. The molecule has 0 unspecified atom stereocenters. The van der Waals surface area contributed by atoms with Crippen LogP contribution in [-0.4, -0.2) is 33.8 Å². The Morgan fingerprint density at radius 3 is 1.18 bits per heavy atom. The summed E-state index contributed by atoms with van der Waals surface area (Å²) in [5.41, 5.74) is 10.9. The summed E-state index contributed by atoms with van der Waals surface area (Å²) in [6.45, 7) is 28.1. The van der Waals surface area contributed by atoms with Crippen LogP contribution in [0.2, 0.25) is 13.1 Å². The Hall–Kier alpha value is -2.37. The maximum absolute atomic E-state index is 7.14. The van der Waals surface area contributed by atoms with Crippen LogP contribution in [-0.2, 0) is 12.3 Å². The van der Waals surface area contributed by atoms with Gasteiger partial charge in [-0.3, -0.25) is 0 Å². The molecule has 0 fully saturated rings. The lowest BCUT2D eigenvalue weighted by Crippen LogP contribution is -2.71. The molecular formula is C26H34O3Si4. The van der Waals surface area contributed by atoms with Gasteiger partial charge in [0.25, 0.3) is 16.6 Å². The first-order valence-corrected chi connectivity index (χ1v) is 19.6. The van der Waals surface area contributed by atoms with Crippen LogP contribution in [0.5, 0.6) is 0 Å². The minimum atomic E-state index is -3.32. The molecule has 2 aromatic carbocycles. The molecule has 2 rings (SSSR count). The van der Waals surface area contributed by atoms with Gasteiger partial charge in [0.2, 0.25) is 0 Å². The van der Waals surface area contributed by atoms with Crippen molar-refractivity contribution in [3.05, 3.63) is 134 Å². The second-order valence-electron chi connectivity index (χ2n) is 7.99. The van der Waals surface area contributed by atoms with Gasteiger partial charge in [-0.25, -0.2) is 0 Å². The van der Waals surface area contributed by atoms with E-state index < -0.39 is 33.8 Å². The Morgan fingerprint density at radius 1 is 0.515 bits per heavy atom.